The van der Waals surface area contributed by atoms with Crippen molar-refractivity contribution in [2.24, 2.45) is 0 Å². The molecule has 134 valence electrons. The number of anilines is 1. The summed E-state index contributed by atoms with van der Waals surface area (Å²) in [6.45, 7) is 3.83. The number of ether oxygens (including phenoxy) is 3. The maximum Gasteiger partial charge on any atom is 0.321 e. The number of methoxy groups -OCH3 is 2. The van der Waals surface area contributed by atoms with E-state index in [0.29, 0.717) is 28.0 Å². The molecule has 25 heavy (non-hydrogen) atoms. The lowest BCUT2D eigenvalue weighted by Gasteiger charge is -2.13. The topological polar surface area (TPSA) is 68.8 Å². The minimum absolute atomic E-state index is 0.0274. The van der Waals surface area contributed by atoms with Crippen LogP contribution in [0.4, 0.5) is 10.5 Å². The van der Waals surface area contributed by atoms with E-state index in [9.17, 15) is 4.79 Å². The maximum absolute atomic E-state index is 11.9. The van der Waals surface area contributed by atoms with Gasteiger partial charge in [-0.1, -0.05) is 11.6 Å². The molecular formula is C18H21ClN2O4. The highest BCUT2D eigenvalue weighted by Gasteiger charge is 2.08. The van der Waals surface area contributed by atoms with E-state index in [4.69, 9.17) is 25.8 Å². The van der Waals surface area contributed by atoms with Crippen molar-refractivity contribution in [1.82, 2.24) is 5.32 Å². The van der Waals surface area contributed by atoms with Crippen LogP contribution in [0.2, 0.25) is 5.02 Å². The summed E-state index contributed by atoms with van der Waals surface area (Å²) < 4.78 is 15.9. The molecule has 0 unspecified atom stereocenters. The van der Waals surface area contributed by atoms with Crippen molar-refractivity contribution in [3.05, 3.63) is 46.5 Å². The Morgan fingerprint density at radius 3 is 2.28 bits per heavy atom. The third-order valence-electron chi connectivity index (χ3n) is 3.52. The van der Waals surface area contributed by atoms with Crippen LogP contribution in [-0.2, 0) is 0 Å². The number of halogens is 1. The third-order valence-corrected chi connectivity index (χ3v) is 4.12. The zero-order chi connectivity index (χ0) is 18.4. The predicted molar refractivity (Wildman–Crippen MR) is 98.1 cm³/mol. The van der Waals surface area contributed by atoms with Crippen molar-refractivity contribution in [1.29, 1.82) is 0 Å². The zero-order valence-corrected chi connectivity index (χ0v) is 15.4. The molecule has 0 aromatic heterocycles. The Kier molecular flexibility index (Phi) is 6.36. The Hall–Kier alpha value is -2.60. The standard InChI is InChI=1S/C18H21ClN2O4/c1-11-7-14(8-12(2)17(11)19)25-10-20-18(22)21-13-5-6-15(23-3)16(9-13)24-4/h5-9H,10H2,1-4H3,(H2,20,21,22). The van der Waals surface area contributed by atoms with Crippen molar-refractivity contribution in [2.75, 3.05) is 26.3 Å². The third kappa shape index (κ3) is 4.93. The Morgan fingerprint density at radius 2 is 1.68 bits per heavy atom. The molecule has 0 heterocycles. The number of nitrogens with one attached hydrogen (secondary N) is 2. The lowest BCUT2D eigenvalue weighted by atomic mass is 10.1. The van der Waals surface area contributed by atoms with Gasteiger partial charge in [0.05, 0.1) is 14.2 Å². The molecule has 0 fully saturated rings. The van der Waals surface area contributed by atoms with Crippen LogP contribution in [0.1, 0.15) is 11.1 Å². The summed E-state index contributed by atoms with van der Waals surface area (Å²) in [4.78, 5) is 11.9. The van der Waals surface area contributed by atoms with Crippen LogP contribution in [0.25, 0.3) is 0 Å². The molecule has 0 aliphatic carbocycles. The second kappa shape index (κ2) is 8.48. The number of rotatable bonds is 6. The van der Waals surface area contributed by atoms with Crippen molar-refractivity contribution < 1.29 is 19.0 Å². The minimum Gasteiger partial charge on any atom is -0.493 e. The first kappa shape index (κ1) is 18.7. The van der Waals surface area contributed by atoms with Crippen molar-refractivity contribution in [3.63, 3.8) is 0 Å². The van der Waals surface area contributed by atoms with E-state index in [2.05, 4.69) is 10.6 Å². The van der Waals surface area contributed by atoms with Gasteiger partial charge in [0.1, 0.15) is 5.75 Å². The molecule has 0 saturated carbocycles. The van der Waals surface area contributed by atoms with E-state index in [1.165, 1.54) is 7.11 Å². The van der Waals surface area contributed by atoms with E-state index >= 15 is 0 Å². The van der Waals surface area contributed by atoms with Crippen LogP contribution >= 0.6 is 11.6 Å². The molecule has 0 bridgehead atoms. The number of carbonyl (C=O) groups is 1. The molecular weight excluding hydrogens is 344 g/mol. The molecule has 0 radical (unpaired) electrons. The van der Waals surface area contributed by atoms with Gasteiger partial charge in [-0.2, -0.15) is 0 Å². The largest absolute Gasteiger partial charge is 0.493 e. The normalized spacial score (nSPS) is 10.1. The second-order valence-corrected chi connectivity index (χ2v) is 5.74. The molecule has 2 rings (SSSR count). The van der Waals surface area contributed by atoms with Crippen LogP contribution in [0.3, 0.4) is 0 Å². The highest BCUT2D eigenvalue weighted by Crippen LogP contribution is 2.29. The number of benzene rings is 2. The van der Waals surface area contributed by atoms with E-state index in [1.54, 1.807) is 25.3 Å². The van der Waals surface area contributed by atoms with E-state index in [1.807, 2.05) is 26.0 Å². The van der Waals surface area contributed by atoms with Crippen LogP contribution in [-0.4, -0.2) is 27.0 Å². The van der Waals surface area contributed by atoms with Gasteiger partial charge < -0.3 is 24.8 Å². The van der Waals surface area contributed by atoms with Crippen molar-refractivity contribution in [2.45, 2.75) is 13.8 Å². The highest BCUT2D eigenvalue weighted by molar-refractivity contribution is 6.32. The summed E-state index contributed by atoms with van der Waals surface area (Å²) in [7, 11) is 3.08. The van der Waals surface area contributed by atoms with Gasteiger partial charge in [-0.3, -0.25) is 0 Å². The molecule has 6 nitrogen and oxygen atoms in total. The maximum atomic E-state index is 11.9. The quantitative estimate of drug-likeness (QED) is 0.756. The van der Waals surface area contributed by atoms with Gasteiger partial charge in [-0.05, 0) is 49.2 Å². The van der Waals surface area contributed by atoms with Crippen LogP contribution < -0.4 is 24.8 Å². The molecule has 2 aromatic carbocycles. The van der Waals surface area contributed by atoms with Crippen LogP contribution in [0.5, 0.6) is 17.2 Å². The number of amides is 2. The summed E-state index contributed by atoms with van der Waals surface area (Å²) in [6.07, 6.45) is 0. The van der Waals surface area contributed by atoms with E-state index in [-0.39, 0.29) is 6.73 Å². The van der Waals surface area contributed by atoms with Crippen molar-refractivity contribution in [3.8, 4) is 17.2 Å². The molecule has 0 saturated heterocycles. The van der Waals surface area contributed by atoms with Gasteiger partial charge in [0, 0.05) is 16.8 Å². The average molecular weight is 365 g/mol. The lowest BCUT2D eigenvalue weighted by Crippen LogP contribution is -2.32. The van der Waals surface area contributed by atoms with Crippen LogP contribution in [0, 0.1) is 13.8 Å². The van der Waals surface area contributed by atoms with Crippen molar-refractivity contribution >= 4 is 23.3 Å². The Morgan fingerprint density at radius 1 is 1.04 bits per heavy atom. The summed E-state index contributed by atoms with van der Waals surface area (Å²) in [5.41, 5.74) is 2.42. The summed E-state index contributed by atoms with van der Waals surface area (Å²) in [6, 6.07) is 8.35. The second-order valence-electron chi connectivity index (χ2n) is 5.36. The first-order valence-electron chi connectivity index (χ1n) is 7.61. The smallest absolute Gasteiger partial charge is 0.321 e. The average Bonchev–Trinajstić information content (AvgIpc) is 2.59. The molecule has 0 aliphatic heterocycles. The number of carbonyl (C=O) groups excluding carboxylic acids is 1. The highest BCUT2D eigenvalue weighted by atomic mass is 35.5. The number of urea groups is 1. The van der Waals surface area contributed by atoms with Gasteiger partial charge in [0.25, 0.3) is 0 Å². The monoisotopic (exact) mass is 364 g/mol. The number of hydrogen-bond acceptors (Lipinski definition) is 4. The molecule has 2 aromatic rings. The summed E-state index contributed by atoms with van der Waals surface area (Å²) >= 11 is 6.12. The first-order chi connectivity index (χ1) is 11.9. The van der Waals surface area contributed by atoms with Gasteiger partial charge in [0.15, 0.2) is 18.2 Å². The molecule has 7 heteroatoms. The fourth-order valence-electron chi connectivity index (χ4n) is 2.26. The molecule has 0 atom stereocenters. The molecule has 0 spiro atoms. The first-order valence-corrected chi connectivity index (χ1v) is 7.98. The Labute approximate surface area is 152 Å². The van der Waals surface area contributed by atoms with Gasteiger partial charge in [-0.15, -0.1) is 0 Å². The number of aryl methyl sites for hydroxylation is 2. The van der Waals surface area contributed by atoms with Gasteiger partial charge in [0.2, 0.25) is 0 Å². The lowest BCUT2D eigenvalue weighted by molar-refractivity contribution is 0.234. The molecule has 2 N–H and O–H groups in total. The number of hydrogen-bond donors (Lipinski definition) is 2. The van der Waals surface area contributed by atoms with Crippen LogP contribution in [0.15, 0.2) is 30.3 Å². The summed E-state index contributed by atoms with van der Waals surface area (Å²) in [5.74, 6) is 1.76. The summed E-state index contributed by atoms with van der Waals surface area (Å²) in [5, 5.41) is 6.04. The van der Waals surface area contributed by atoms with E-state index in [0.717, 1.165) is 11.1 Å². The Bertz CT molecular complexity index is 742. The van der Waals surface area contributed by atoms with E-state index < -0.39 is 6.03 Å². The fourth-order valence-corrected chi connectivity index (χ4v) is 2.37. The zero-order valence-electron chi connectivity index (χ0n) is 14.6. The molecule has 0 aliphatic rings. The fraction of sp³-hybridized carbons (Fsp3) is 0.278. The molecule has 2 amide bonds. The predicted octanol–water partition coefficient (Wildman–Crippen LogP) is 4.13. The van der Waals surface area contributed by atoms with Gasteiger partial charge >= 0.3 is 6.03 Å². The SMILES string of the molecule is COc1ccc(NC(=O)NCOc2cc(C)c(Cl)c(C)c2)cc1OC. The van der Waals surface area contributed by atoms with Gasteiger partial charge in [-0.25, -0.2) is 4.79 Å². The Balaban J connectivity index is 1.89. The minimum atomic E-state index is -0.394.